The number of nitrogens with one attached hydrogen (secondary N) is 1. The van der Waals surface area contributed by atoms with Crippen LogP contribution in [0.1, 0.15) is 22.7 Å². The first-order valence-electron chi connectivity index (χ1n) is 13.1. The van der Waals surface area contributed by atoms with Crippen LogP contribution in [0.25, 0.3) is 0 Å². The minimum atomic E-state index is -0.891. The van der Waals surface area contributed by atoms with Gasteiger partial charge in [0.2, 0.25) is 5.91 Å². The smallest absolute Gasteiger partial charge is 0.251 e. The Labute approximate surface area is 236 Å². The van der Waals surface area contributed by atoms with E-state index in [1.165, 1.54) is 0 Å². The summed E-state index contributed by atoms with van der Waals surface area (Å²) in [6.45, 7) is 0.235. The Hall–Kier alpha value is -4.78. The van der Waals surface area contributed by atoms with E-state index in [0.29, 0.717) is 17.0 Å². The summed E-state index contributed by atoms with van der Waals surface area (Å²) in [5, 5.41) is 3.04. The molecule has 0 saturated carbocycles. The summed E-state index contributed by atoms with van der Waals surface area (Å²) in [7, 11) is 7.13. The van der Waals surface area contributed by atoms with Gasteiger partial charge < -0.3 is 24.6 Å². The summed E-state index contributed by atoms with van der Waals surface area (Å²) in [5.74, 6) is 0.912. The molecule has 7 nitrogen and oxygen atoms in total. The Morgan fingerprint density at radius 1 is 0.725 bits per heavy atom. The van der Waals surface area contributed by atoms with E-state index in [1.54, 1.807) is 31.3 Å². The standard InChI is InChI=1S/C33H35N3O4/c1-35(2)28-16-14-27(15-17-28)34-33(38)32(26-12-20-30(40-4)21-13-26)36(23-25-10-18-29(39-3)19-11-25)31(37)22-24-8-6-5-7-9-24/h5-21,32H,22-23H2,1-4H3,(H,34,38). The molecule has 4 aromatic rings. The number of amides is 2. The number of nitrogens with zero attached hydrogens (tertiary/aromatic N) is 2. The third kappa shape index (κ3) is 7.20. The third-order valence-electron chi connectivity index (χ3n) is 6.67. The second kappa shape index (κ2) is 13.3. The van der Waals surface area contributed by atoms with Gasteiger partial charge in [-0.3, -0.25) is 9.59 Å². The molecule has 1 N–H and O–H groups in total. The van der Waals surface area contributed by atoms with Crippen molar-refractivity contribution < 1.29 is 19.1 Å². The highest BCUT2D eigenvalue weighted by Gasteiger charge is 2.32. The minimum Gasteiger partial charge on any atom is -0.497 e. The van der Waals surface area contributed by atoms with Crippen molar-refractivity contribution in [3.8, 4) is 11.5 Å². The number of ether oxygens (including phenoxy) is 2. The van der Waals surface area contributed by atoms with Crippen LogP contribution in [0.5, 0.6) is 11.5 Å². The molecule has 0 spiro atoms. The van der Waals surface area contributed by atoms with Crippen LogP contribution in [0.4, 0.5) is 11.4 Å². The first kappa shape index (κ1) is 28.2. The summed E-state index contributed by atoms with van der Waals surface area (Å²) >= 11 is 0. The average Bonchev–Trinajstić information content (AvgIpc) is 2.98. The number of hydrogen-bond acceptors (Lipinski definition) is 5. The van der Waals surface area contributed by atoms with Crippen LogP contribution >= 0.6 is 0 Å². The van der Waals surface area contributed by atoms with Crippen LogP contribution in [-0.4, -0.2) is 45.0 Å². The first-order chi connectivity index (χ1) is 19.4. The van der Waals surface area contributed by atoms with E-state index in [0.717, 1.165) is 22.6 Å². The molecule has 0 radical (unpaired) electrons. The molecule has 0 aliphatic heterocycles. The fourth-order valence-corrected chi connectivity index (χ4v) is 4.44. The monoisotopic (exact) mass is 537 g/mol. The van der Waals surface area contributed by atoms with Crippen molar-refractivity contribution in [3.05, 3.63) is 120 Å². The molecule has 206 valence electrons. The van der Waals surface area contributed by atoms with Gasteiger partial charge in [0.05, 0.1) is 20.6 Å². The van der Waals surface area contributed by atoms with Crippen LogP contribution in [0.3, 0.4) is 0 Å². The van der Waals surface area contributed by atoms with Gasteiger partial charge >= 0.3 is 0 Å². The lowest BCUT2D eigenvalue weighted by atomic mass is 10.0. The highest BCUT2D eigenvalue weighted by Crippen LogP contribution is 2.29. The number of hydrogen-bond donors (Lipinski definition) is 1. The fraction of sp³-hybridized carbons (Fsp3) is 0.212. The number of carbonyl (C=O) groups is 2. The Kier molecular flexibility index (Phi) is 9.41. The third-order valence-corrected chi connectivity index (χ3v) is 6.67. The Bertz CT molecular complexity index is 1390. The fourth-order valence-electron chi connectivity index (χ4n) is 4.44. The number of rotatable bonds is 11. The molecule has 0 heterocycles. The zero-order chi connectivity index (χ0) is 28.5. The van der Waals surface area contributed by atoms with E-state index in [9.17, 15) is 9.59 Å². The molecule has 1 atom stereocenters. The van der Waals surface area contributed by atoms with E-state index in [4.69, 9.17) is 9.47 Å². The summed E-state index contributed by atoms with van der Waals surface area (Å²) < 4.78 is 10.7. The van der Waals surface area contributed by atoms with E-state index in [-0.39, 0.29) is 24.8 Å². The number of benzene rings is 4. The normalized spacial score (nSPS) is 11.3. The lowest BCUT2D eigenvalue weighted by Crippen LogP contribution is -2.41. The largest absolute Gasteiger partial charge is 0.497 e. The van der Waals surface area contributed by atoms with Crippen molar-refractivity contribution >= 4 is 23.2 Å². The molecular weight excluding hydrogens is 502 g/mol. The predicted octanol–water partition coefficient (Wildman–Crippen LogP) is 5.72. The molecule has 4 rings (SSSR count). The Balaban J connectivity index is 1.72. The minimum absolute atomic E-state index is 0.161. The van der Waals surface area contributed by atoms with E-state index < -0.39 is 6.04 Å². The zero-order valence-electron chi connectivity index (χ0n) is 23.3. The zero-order valence-corrected chi connectivity index (χ0v) is 23.3. The maximum Gasteiger partial charge on any atom is 0.251 e. The number of carbonyl (C=O) groups excluding carboxylic acids is 2. The van der Waals surface area contributed by atoms with Gasteiger partial charge in [0.15, 0.2) is 0 Å². The summed E-state index contributed by atoms with van der Waals surface area (Å²) in [4.78, 5) is 31.6. The second-order valence-electron chi connectivity index (χ2n) is 9.64. The van der Waals surface area contributed by atoms with Crippen LogP contribution < -0.4 is 19.7 Å². The summed E-state index contributed by atoms with van der Waals surface area (Å²) in [6.07, 6.45) is 0.161. The molecule has 0 aliphatic carbocycles. The Morgan fingerprint density at radius 3 is 1.85 bits per heavy atom. The number of anilines is 2. The molecule has 0 fully saturated rings. The van der Waals surface area contributed by atoms with Gasteiger partial charge in [-0.15, -0.1) is 0 Å². The van der Waals surface area contributed by atoms with Gasteiger partial charge in [0.1, 0.15) is 17.5 Å². The van der Waals surface area contributed by atoms with Gasteiger partial charge in [-0.2, -0.15) is 0 Å². The number of methoxy groups -OCH3 is 2. The SMILES string of the molecule is COc1ccc(CN(C(=O)Cc2ccccc2)C(C(=O)Nc2ccc(N(C)C)cc2)c2ccc(OC)cc2)cc1. The summed E-state index contributed by atoms with van der Waals surface area (Å²) in [6, 6.07) is 31.0. The average molecular weight is 538 g/mol. The van der Waals surface area contributed by atoms with Gasteiger partial charge in [0, 0.05) is 32.0 Å². The van der Waals surface area contributed by atoms with E-state index in [2.05, 4.69) is 5.32 Å². The Morgan fingerprint density at radius 2 is 1.30 bits per heavy atom. The van der Waals surface area contributed by atoms with Crippen LogP contribution in [-0.2, 0) is 22.6 Å². The lowest BCUT2D eigenvalue weighted by molar-refractivity contribution is -0.139. The second-order valence-corrected chi connectivity index (χ2v) is 9.64. The van der Waals surface area contributed by atoms with Gasteiger partial charge in [-0.05, 0) is 65.2 Å². The quantitative estimate of drug-likeness (QED) is 0.265. The topological polar surface area (TPSA) is 71.1 Å². The van der Waals surface area contributed by atoms with Crippen molar-refractivity contribution in [2.75, 3.05) is 38.5 Å². The van der Waals surface area contributed by atoms with Gasteiger partial charge in [-0.1, -0.05) is 54.6 Å². The molecule has 2 amide bonds. The molecule has 1 unspecified atom stereocenters. The molecular formula is C33H35N3O4. The maximum absolute atomic E-state index is 14.0. The van der Waals surface area contributed by atoms with Crippen molar-refractivity contribution in [2.24, 2.45) is 0 Å². The highest BCUT2D eigenvalue weighted by atomic mass is 16.5. The van der Waals surface area contributed by atoms with Gasteiger partial charge in [0.25, 0.3) is 5.91 Å². The first-order valence-corrected chi connectivity index (χ1v) is 13.1. The van der Waals surface area contributed by atoms with Gasteiger partial charge in [-0.25, -0.2) is 0 Å². The predicted molar refractivity (Wildman–Crippen MR) is 159 cm³/mol. The van der Waals surface area contributed by atoms with Crippen molar-refractivity contribution in [3.63, 3.8) is 0 Å². The van der Waals surface area contributed by atoms with Crippen molar-refractivity contribution in [2.45, 2.75) is 19.0 Å². The molecule has 0 aromatic heterocycles. The van der Waals surface area contributed by atoms with Crippen LogP contribution in [0.15, 0.2) is 103 Å². The van der Waals surface area contributed by atoms with E-state index >= 15 is 0 Å². The molecule has 0 saturated heterocycles. The van der Waals surface area contributed by atoms with Crippen LogP contribution in [0, 0.1) is 0 Å². The van der Waals surface area contributed by atoms with Crippen LogP contribution in [0.2, 0.25) is 0 Å². The molecule has 4 aromatic carbocycles. The summed E-state index contributed by atoms with van der Waals surface area (Å²) in [5.41, 5.74) is 4.10. The lowest BCUT2D eigenvalue weighted by Gasteiger charge is -2.32. The van der Waals surface area contributed by atoms with Crippen molar-refractivity contribution in [1.82, 2.24) is 4.90 Å². The molecule has 7 heteroatoms. The van der Waals surface area contributed by atoms with E-state index in [1.807, 2.05) is 110 Å². The molecule has 0 bridgehead atoms. The highest BCUT2D eigenvalue weighted by molar-refractivity contribution is 5.98. The van der Waals surface area contributed by atoms with Crippen molar-refractivity contribution in [1.29, 1.82) is 0 Å². The maximum atomic E-state index is 14.0. The molecule has 0 aliphatic rings. The molecule has 40 heavy (non-hydrogen) atoms.